The number of nitrogens with two attached hydrogens (primary N) is 1. The molecular weight excluding hydrogens is 190 g/mol. The minimum atomic E-state index is 0.419. The lowest BCUT2D eigenvalue weighted by molar-refractivity contribution is 0.00148. The SMILES string of the molecule is NC1CCC(OCCC2CCCO2)CC1. The Morgan fingerprint density at radius 2 is 1.93 bits per heavy atom. The molecule has 0 aromatic heterocycles. The van der Waals surface area contributed by atoms with Gasteiger partial charge in [0.05, 0.1) is 12.2 Å². The van der Waals surface area contributed by atoms with Crippen LogP contribution in [0.25, 0.3) is 0 Å². The lowest BCUT2D eigenvalue weighted by Crippen LogP contribution is -2.30. The van der Waals surface area contributed by atoms with Gasteiger partial charge in [0, 0.05) is 19.3 Å². The van der Waals surface area contributed by atoms with Crippen molar-refractivity contribution in [2.75, 3.05) is 13.2 Å². The highest BCUT2D eigenvalue weighted by molar-refractivity contribution is 4.74. The highest BCUT2D eigenvalue weighted by Crippen LogP contribution is 2.21. The van der Waals surface area contributed by atoms with Gasteiger partial charge in [-0.2, -0.15) is 0 Å². The quantitative estimate of drug-likeness (QED) is 0.775. The van der Waals surface area contributed by atoms with Crippen molar-refractivity contribution >= 4 is 0 Å². The lowest BCUT2D eigenvalue weighted by Gasteiger charge is -2.26. The summed E-state index contributed by atoms with van der Waals surface area (Å²) in [5.74, 6) is 0. The van der Waals surface area contributed by atoms with Gasteiger partial charge in [-0.3, -0.25) is 0 Å². The highest BCUT2D eigenvalue weighted by Gasteiger charge is 2.20. The molecule has 2 aliphatic rings. The summed E-state index contributed by atoms with van der Waals surface area (Å²) in [5, 5.41) is 0. The number of hydrogen-bond donors (Lipinski definition) is 1. The number of rotatable bonds is 4. The van der Waals surface area contributed by atoms with Crippen molar-refractivity contribution in [2.24, 2.45) is 5.73 Å². The molecular formula is C12H23NO2. The standard InChI is InChI=1S/C12H23NO2/c13-10-3-5-12(6-4-10)15-9-7-11-2-1-8-14-11/h10-12H,1-9,13H2. The fourth-order valence-electron chi connectivity index (χ4n) is 2.49. The number of ether oxygens (including phenoxy) is 2. The summed E-state index contributed by atoms with van der Waals surface area (Å²) in [6.45, 7) is 1.81. The van der Waals surface area contributed by atoms with Gasteiger partial charge in [0.2, 0.25) is 0 Å². The summed E-state index contributed by atoms with van der Waals surface area (Å²) < 4.78 is 11.4. The van der Waals surface area contributed by atoms with E-state index in [-0.39, 0.29) is 0 Å². The zero-order chi connectivity index (χ0) is 10.5. The van der Waals surface area contributed by atoms with Crippen molar-refractivity contribution in [2.45, 2.75) is 63.2 Å². The van der Waals surface area contributed by atoms with Crippen LogP contribution in [0.5, 0.6) is 0 Å². The molecule has 3 nitrogen and oxygen atoms in total. The molecule has 0 bridgehead atoms. The Balaban J connectivity index is 1.53. The van der Waals surface area contributed by atoms with Gasteiger partial charge in [-0.05, 0) is 44.9 Å². The van der Waals surface area contributed by atoms with E-state index in [1.54, 1.807) is 0 Å². The fraction of sp³-hybridized carbons (Fsp3) is 1.00. The molecule has 2 rings (SSSR count). The zero-order valence-corrected chi connectivity index (χ0v) is 9.49. The molecule has 1 saturated carbocycles. The highest BCUT2D eigenvalue weighted by atomic mass is 16.5. The van der Waals surface area contributed by atoms with E-state index in [4.69, 9.17) is 15.2 Å². The molecule has 88 valence electrons. The van der Waals surface area contributed by atoms with E-state index >= 15 is 0 Å². The lowest BCUT2D eigenvalue weighted by atomic mass is 9.94. The molecule has 15 heavy (non-hydrogen) atoms. The molecule has 2 fully saturated rings. The van der Waals surface area contributed by atoms with E-state index in [1.807, 2.05) is 0 Å². The molecule has 0 amide bonds. The smallest absolute Gasteiger partial charge is 0.0597 e. The molecule has 0 aromatic rings. The second-order valence-corrected chi connectivity index (χ2v) is 4.83. The van der Waals surface area contributed by atoms with E-state index in [9.17, 15) is 0 Å². The summed E-state index contributed by atoms with van der Waals surface area (Å²) in [5.41, 5.74) is 5.85. The minimum absolute atomic E-state index is 0.419. The van der Waals surface area contributed by atoms with Crippen molar-refractivity contribution in [1.29, 1.82) is 0 Å². The number of hydrogen-bond acceptors (Lipinski definition) is 3. The van der Waals surface area contributed by atoms with Crippen LogP contribution in [0.15, 0.2) is 0 Å². The summed E-state index contributed by atoms with van der Waals surface area (Å²) >= 11 is 0. The van der Waals surface area contributed by atoms with E-state index in [0.717, 1.165) is 45.3 Å². The van der Waals surface area contributed by atoms with Gasteiger partial charge in [-0.1, -0.05) is 0 Å². The van der Waals surface area contributed by atoms with Crippen LogP contribution in [0.1, 0.15) is 44.9 Å². The maximum absolute atomic E-state index is 5.86. The average molecular weight is 213 g/mol. The maximum atomic E-state index is 5.86. The van der Waals surface area contributed by atoms with E-state index < -0.39 is 0 Å². The Bertz CT molecular complexity index is 172. The first-order valence-corrected chi connectivity index (χ1v) is 6.33. The molecule has 2 N–H and O–H groups in total. The molecule has 0 aromatic carbocycles. The Kier molecular flexibility index (Phi) is 4.42. The molecule has 0 radical (unpaired) electrons. The van der Waals surface area contributed by atoms with E-state index in [2.05, 4.69) is 0 Å². The first-order valence-electron chi connectivity index (χ1n) is 6.33. The van der Waals surface area contributed by atoms with Gasteiger partial charge in [-0.25, -0.2) is 0 Å². The van der Waals surface area contributed by atoms with Crippen LogP contribution in [0.4, 0.5) is 0 Å². The fourth-order valence-corrected chi connectivity index (χ4v) is 2.49. The molecule has 1 saturated heterocycles. The zero-order valence-electron chi connectivity index (χ0n) is 9.49. The molecule has 1 aliphatic carbocycles. The van der Waals surface area contributed by atoms with Crippen LogP contribution in [0.2, 0.25) is 0 Å². The summed E-state index contributed by atoms with van der Waals surface area (Å²) in [6, 6.07) is 0.419. The van der Waals surface area contributed by atoms with Crippen molar-refractivity contribution < 1.29 is 9.47 Å². The Labute approximate surface area is 92.3 Å². The topological polar surface area (TPSA) is 44.5 Å². The van der Waals surface area contributed by atoms with E-state index in [1.165, 1.54) is 12.8 Å². The third-order valence-corrected chi connectivity index (χ3v) is 3.54. The van der Waals surface area contributed by atoms with Crippen molar-refractivity contribution in [3.63, 3.8) is 0 Å². The normalized spacial score (nSPS) is 37.0. The maximum Gasteiger partial charge on any atom is 0.0597 e. The van der Waals surface area contributed by atoms with Gasteiger partial charge in [0.15, 0.2) is 0 Å². The van der Waals surface area contributed by atoms with Crippen LogP contribution < -0.4 is 5.73 Å². The second-order valence-electron chi connectivity index (χ2n) is 4.83. The Hall–Kier alpha value is -0.120. The van der Waals surface area contributed by atoms with Crippen LogP contribution in [0.3, 0.4) is 0 Å². The van der Waals surface area contributed by atoms with Crippen LogP contribution in [0, 0.1) is 0 Å². The third kappa shape index (κ3) is 3.74. The van der Waals surface area contributed by atoms with Gasteiger partial charge >= 0.3 is 0 Å². The molecule has 1 aliphatic heterocycles. The molecule has 0 spiro atoms. The van der Waals surface area contributed by atoms with Crippen molar-refractivity contribution in [3.05, 3.63) is 0 Å². The van der Waals surface area contributed by atoms with Crippen molar-refractivity contribution in [3.8, 4) is 0 Å². The molecule has 1 unspecified atom stereocenters. The first-order chi connectivity index (χ1) is 7.34. The van der Waals surface area contributed by atoms with Crippen LogP contribution >= 0.6 is 0 Å². The molecule has 3 heteroatoms. The Morgan fingerprint density at radius 1 is 1.13 bits per heavy atom. The second kappa shape index (κ2) is 5.83. The van der Waals surface area contributed by atoms with Gasteiger partial charge in [0.25, 0.3) is 0 Å². The van der Waals surface area contributed by atoms with E-state index in [0.29, 0.717) is 18.2 Å². The predicted octanol–water partition coefficient (Wildman–Crippen LogP) is 1.84. The molecule has 1 heterocycles. The monoisotopic (exact) mass is 213 g/mol. The summed E-state index contributed by atoms with van der Waals surface area (Å²) in [4.78, 5) is 0. The molecule has 1 atom stereocenters. The average Bonchev–Trinajstić information content (AvgIpc) is 2.74. The van der Waals surface area contributed by atoms with Crippen molar-refractivity contribution in [1.82, 2.24) is 0 Å². The van der Waals surface area contributed by atoms with Crippen LogP contribution in [-0.4, -0.2) is 31.5 Å². The third-order valence-electron chi connectivity index (χ3n) is 3.54. The van der Waals surface area contributed by atoms with Gasteiger partial charge in [0.1, 0.15) is 0 Å². The largest absolute Gasteiger partial charge is 0.378 e. The predicted molar refractivity (Wildman–Crippen MR) is 59.8 cm³/mol. The van der Waals surface area contributed by atoms with Crippen LogP contribution in [-0.2, 0) is 9.47 Å². The minimum Gasteiger partial charge on any atom is -0.378 e. The summed E-state index contributed by atoms with van der Waals surface area (Å²) in [6.07, 6.45) is 9.00. The Morgan fingerprint density at radius 3 is 2.60 bits per heavy atom. The van der Waals surface area contributed by atoms with Gasteiger partial charge in [-0.15, -0.1) is 0 Å². The summed E-state index contributed by atoms with van der Waals surface area (Å²) in [7, 11) is 0. The van der Waals surface area contributed by atoms with Gasteiger partial charge < -0.3 is 15.2 Å². The first kappa shape index (κ1) is 11.4.